The number of rotatable bonds is 8. The molecule has 1 atom stereocenters. The zero-order chi connectivity index (χ0) is 20.1. The van der Waals surface area contributed by atoms with Crippen LogP contribution in [-0.4, -0.2) is 41.0 Å². The molecule has 0 radical (unpaired) electrons. The Morgan fingerprint density at radius 2 is 1.79 bits per heavy atom. The molecular weight excluding hydrogens is 396 g/mol. The molecular formula is C19H22N4O3S2. The van der Waals surface area contributed by atoms with E-state index in [0.29, 0.717) is 29.9 Å². The van der Waals surface area contributed by atoms with E-state index in [1.54, 1.807) is 12.1 Å². The van der Waals surface area contributed by atoms with Crippen molar-refractivity contribution in [3.63, 3.8) is 0 Å². The van der Waals surface area contributed by atoms with Gasteiger partial charge in [0, 0.05) is 24.8 Å². The second-order valence-corrected chi connectivity index (χ2v) is 9.29. The summed E-state index contributed by atoms with van der Waals surface area (Å²) < 4.78 is 32.2. The van der Waals surface area contributed by atoms with Crippen molar-refractivity contribution in [1.29, 1.82) is 0 Å². The van der Waals surface area contributed by atoms with Crippen molar-refractivity contribution in [3.05, 3.63) is 54.6 Å². The zero-order valence-corrected chi connectivity index (χ0v) is 17.6. The molecule has 2 heterocycles. The second-order valence-electron chi connectivity index (χ2n) is 5.99. The predicted molar refractivity (Wildman–Crippen MR) is 108 cm³/mol. The number of thioether (sulfide) groups is 1. The van der Waals surface area contributed by atoms with Crippen molar-refractivity contribution in [3.8, 4) is 11.5 Å². The van der Waals surface area contributed by atoms with Crippen molar-refractivity contribution in [1.82, 2.24) is 19.5 Å². The summed E-state index contributed by atoms with van der Waals surface area (Å²) in [5, 5.41) is 8.78. The van der Waals surface area contributed by atoms with Gasteiger partial charge in [0.05, 0.1) is 10.3 Å². The molecule has 0 saturated heterocycles. The summed E-state index contributed by atoms with van der Waals surface area (Å²) in [7, 11) is -3.51. The summed E-state index contributed by atoms with van der Waals surface area (Å²) in [6.45, 7) is 6.42. The van der Waals surface area contributed by atoms with Crippen LogP contribution in [0.2, 0.25) is 0 Å². The molecule has 1 aromatic carbocycles. The molecule has 0 aliphatic rings. The number of hydrogen-bond acceptors (Lipinski definition) is 7. The summed E-state index contributed by atoms with van der Waals surface area (Å²) in [6, 6.07) is 12.8. The van der Waals surface area contributed by atoms with Crippen LogP contribution in [0.1, 0.15) is 31.9 Å². The molecule has 0 amide bonds. The number of aromatic nitrogens is 3. The van der Waals surface area contributed by atoms with Gasteiger partial charge >= 0.3 is 0 Å². The molecule has 148 valence electrons. The minimum atomic E-state index is -3.51. The molecule has 3 rings (SSSR count). The van der Waals surface area contributed by atoms with Crippen LogP contribution in [0.15, 0.2) is 63.0 Å². The highest BCUT2D eigenvalue weighted by Gasteiger charge is 2.22. The lowest BCUT2D eigenvalue weighted by atomic mass is 10.2. The normalized spacial score (nSPS) is 13.0. The third-order valence-electron chi connectivity index (χ3n) is 4.16. The van der Waals surface area contributed by atoms with Crippen molar-refractivity contribution in [2.75, 3.05) is 13.1 Å². The van der Waals surface area contributed by atoms with Gasteiger partial charge in [-0.1, -0.05) is 43.8 Å². The zero-order valence-electron chi connectivity index (χ0n) is 15.9. The molecule has 1 unspecified atom stereocenters. The van der Waals surface area contributed by atoms with Crippen molar-refractivity contribution >= 4 is 21.8 Å². The number of pyridine rings is 1. The van der Waals surface area contributed by atoms with E-state index in [1.807, 2.05) is 51.1 Å². The fraction of sp³-hybridized carbons (Fsp3) is 0.316. The van der Waals surface area contributed by atoms with E-state index in [4.69, 9.17) is 4.42 Å². The Balaban J connectivity index is 1.72. The Hall–Kier alpha value is -2.23. The van der Waals surface area contributed by atoms with Gasteiger partial charge in [-0.25, -0.2) is 13.4 Å². The maximum atomic E-state index is 12.5. The maximum absolute atomic E-state index is 12.5. The molecule has 7 nitrogen and oxygen atoms in total. The van der Waals surface area contributed by atoms with E-state index in [9.17, 15) is 8.42 Å². The van der Waals surface area contributed by atoms with Gasteiger partial charge in [0.15, 0.2) is 0 Å². The van der Waals surface area contributed by atoms with E-state index >= 15 is 0 Å². The maximum Gasteiger partial charge on any atom is 0.247 e. The average molecular weight is 419 g/mol. The molecule has 0 bridgehead atoms. The fourth-order valence-corrected chi connectivity index (χ4v) is 4.85. The van der Waals surface area contributed by atoms with E-state index in [-0.39, 0.29) is 10.1 Å². The molecule has 3 aromatic rings. The largest absolute Gasteiger partial charge is 0.419 e. The van der Waals surface area contributed by atoms with Crippen LogP contribution in [-0.2, 0) is 10.0 Å². The Bertz CT molecular complexity index is 1000. The van der Waals surface area contributed by atoms with Crippen LogP contribution in [0.4, 0.5) is 0 Å². The lowest BCUT2D eigenvalue weighted by Crippen LogP contribution is -2.30. The first-order chi connectivity index (χ1) is 13.5. The van der Waals surface area contributed by atoms with Crippen molar-refractivity contribution < 1.29 is 12.8 Å². The van der Waals surface area contributed by atoms with Crippen LogP contribution < -0.4 is 0 Å². The lowest BCUT2D eigenvalue weighted by molar-refractivity contribution is 0.445. The molecule has 28 heavy (non-hydrogen) atoms. The van der Waals surface area contributed by atoms with E-state index in [2.05, 4.69) is 15.2 Å². The van der Waals surface area contributed by atoms with E-state index < -0.39 is 10.0 Å². The Morgan fingerprint density at radius 1 is 1.07 bits per heavy atom. The Kier molecular flexibility index (Phi) is 6.48. The molecule has 2 aromatic heterocycles. The Morgan fingerprint density at radius 3 is 2.39 bits per heavy atom. The van der Waals surface area contributed by atoms with Gasteiger partial charge in [0.2, 0.25) is 21.8 Å². The van der Waals surface area contributed by atoms with Crippen LogP contribution in [0.5, 0.6) is 0 Å². The topological polar surface area (TPSA) is 89.2 Å². The van der Waals surface area contributed by atoms with Crippen molar-refractivity contribution in [2.45, 2.75) is 35.9 Å². The molecule has 9 heteroatoms. The predicted octanol–water partition coefficient (Wildman–Crippen LogP) is 4.02. The van der Waals surface area contributed by atoms with E-state index in [0.717, 1.165) is 5.56 Å². The van der Waals surface area contributed by atoms with Gasteiger partial charge in [-0.05, 0) is 31.2 Å². The van der Waals surface area contributed by atoms with Crippen LogP contribution in [0.3, 0.4) is 0 Å². The third kappa shape index (κ3) is 4.43. The van der Waals surface area contributed by atoms with Crippen LogP contribution in [0, 0.1) is 0 Å². The van der Waals surface area contributed by atoms with Gasteiger partial charge in [0.1, 0.15) is 4.90 Å². The average Bonchev–Trinajstić information content (AvgIpc) is 3.20. The molecule has 0 aliphatic heterocycles. The highest BCUT2D eigenvalue weighted by atomic mass is 32.2. The van der Waals surface area contributed by atoms with Gasteiger partial charge in [-0.2, -0.15) is 4.31 Å². The Labute approximate surface area is 169 Å². The first kappa shape index (κ1) is 20.5. The van der Waals surface area contributed by atoms with Crippen LogP contribution >= 0.6 is 11.8 Å². The highest BCUT2D eigenvalue weighted by Crippen LogP contribution is 2.34. The second kappa shape index (κ2) is 8.85. The SMILES string of the molecule is CCN(CC)S(=O)(=O)c1ccc(SC(C)c2nnc(-c3ccccc3)o2)nc1. The number of sulfonamides is 1. The first-order valence-corrected chi connectivity index (χ1v) is 11.3. The molecule has 0 spiro atoms. The summed E-state index contributed by atoms with van der Waals surface area (Å²) in [4.78, 5) is 4.49. The number of hydrogen-bond donors (Lipinski definition) is 0. The monoisotopic (exact) mass is 418 g/mol. The van der Waals surface area contributed by atoms with Crippen LogP contribution in [0.25, 0.3) is 11.5 Å². The first-order valence-electron chi connectivity index (χ1n) is 8.97. The molecule has 0 fully saturated rings. The summed E-state index contributed by atoms with van der Waals surface area (Å²) in [5.41, 5.74) is 0.863. The smallest absolute Gasteiger partial charge is 0.247 e. The minimum absolute atomic E-state index is 0.122. The highest BCUT2D eigenvalue weighted by molar-refractivity contribution is 7.99. The quantitative estimate of drug-likeness (QED) is 0.511. The summed E-state index contributed by atoms with van der Waals surface area (Å²) >= 11 is 1.43. The number of benzene rings is 1. The molecule has 0 N–H and O–H groups in total. The minimum Gasteiger partial charge on any atom is -0.419 e. The molecule has 0 saturated carbocycles. The van der Waals surface area contributed by atoms with Gasteiger partial charge < -0.3 is 4.42 Å². The van der Waals surface area contributed by atoms with Gasteiger partial charge in [-0.15, -0.1) is 10.2 Å². The lowest BCUT2D eigenvalue weighted by Gasteiger charge is -2.18. The van der Waals surface area contributed by atoms with E-state index in [1.165, 1.54) is 22.3 Å². The van der Waals surface area contributed by atoms with Gasteiger partial charge in [-0.3, -0.25) is 0 Å². The number of nitrogens with zero attached hydrogens (tertiary/aromatic N) is 4. The summed E-state index contributed by atoms with van der Waals surface area (Å²) in [5.74, 6) is 0.960. The summed E-state index contributed by atoms with van der Waals surface area (Å²) in [6.07, 6.45) is 1.39. The standard InChI is InChI=1S/C19H22N4O3S2/c1-4-23(5-2)28(24,25)16-11-12-17(20-13-16)27-14(3)18-21-22-19(26-18)15-9-7-6-8-10-15/h6-14H,4-5H2,1-3H3. The molecule has 0 aliphatic carbocycles. The third-order valence-corrected chi connectivity index (χ3v) is 7.23. The van der Waals surface area contributed by atoms with Gasteiger partial charge in [0.25, 0.3) is 0 Å². The van der Waals surface area contributed by atoms with Crippen molar-refractivity contribution in [2.24, 2.45) is 0 Å². The fourth-order valence-electron chi connectivity index (χ4n) is 2.63.